The number of likely N-dealkylation sites (tertiary alicyclic amines) is 2. The van der Waals surface area contributed by atoms with Crippen LogP contribution in [0.25, 0.3) is 0 Å². The van der Waals surface area contributed by atoms with Gasteiger partial charge in [0.05, 0.1) is 32.5 Å². The number of hydrogen-bond acceptors (Lipinski definition) is 5. The largest absolute Gasteiger partial charge is 0.493 e. The second-order valence-electron chi connectivity index (χ2n) is 10.6. The number of rotatable bonds is 6. The van der Waals surface area contributed by atoms with Crippen molar-refractivity contribution < 1.29 is 45.3 Å². The highest BCUT2D eigenvalue weighted by Gasteiger charge is 2.38. The number of carbonyl (C=O) groups is 1. The number of halogens is 6. The van der Waals surface area contributed by atoms with Gasteiger partial charge in [-0.1, -0.05) is 0 Å². The number of thiocarbonyl (C=S) groups is 1. The topological polar surface area (TPSA) is 63.3 Å². The molecule has 0 bridgehead atoms. The second kappa shape index (κ2) is 13.1. The lowest BCUT2D eigenvalue weighted by atomic mass is 9.79. The molecule has 2 aliphatic rings. The standard InChI is InChI=1S/C29H33F6N3O4S/c1-40-23-15-22(16-24(41-2)25(23)42-3)36-27(43)38-10-6-18(7-11-38)17-4-8-37(9-5-17)26(39)19-12-20(28(30,31)32)14-21(13-19)29(33,34)35/h12-18H,4-11H2,1-3H3,(H,36,43). The first-order valence-corrected chi connectivity index (χ1v) is 14.1. The van der Waals surface area contributed by atoms with E-state index >= 15 is 0 Å². The fourth-order valence-electron chi connectivity index (χ4n) is 5.76. The highest BCUT2D eigenvalue weighted by molar-refractivity contribution is 7.80. The highest BCUT2D eigenvalue weighted by atomic mass is 32.1. The quantitative estimate of drug-likeness (QED) is 0.280. The van der Waals surface area contributed by atoms with Gasteiger partial charge in [0.25, 0.3) is 5.91 Å². The molecule has 0 unspecified atom stereocenters. The molecule has 43 heavy (non-hydrogen) atoms. The van der Waals surface area contributed by atoms with E-state index in [4.69, 9.17) is 26.4 Å². The summed E-state index contributed by atoms with van der Waals surface area (Å²) in [5.74, 6) is 1.27. The molecule has 7 nitrogen and oxygen atoms in total. The van der Waals surface area contributed by atoms with Crippen molar-refractivity contribution in [2.24, 2.45) is 11.8 Å². The van der Waals surface area contributed by atoms with Gasteiger partial charge in [-0.15, -0.1) is 0 Å². The first-order valence-electron chi connectivity index (χ1n) is 13.7. The zero-order valence-electron chi connectivity index (χ0n) is 23.9. The Morgan fingerprint density at radius 2 is 1.19 bits per heavy atom. The van der Waals surface area contributed by atoms with E-state index in [0.29, 0.717) is 72.0 Å². The van der Waals surface area contributed by atoms with Crippen molar-refractivity contribution in [1.29, 1.82) is 0 Å². The summed E-state index contributed by atoms with van der Waals surface area (Å²) in [6, 6.07) is 4.54. The Bertz CT molecular complexity index is 1260. The van der Waals surface area contributed by atoms with E-state index < -0.39 is 35.0 Å². The van der Waals surface area contributed by atoms with Crippen molar-refractivity contribution in [1.82, 2.24) is 9.80 Å². The van der Waals surface area contributed by atoms with Crippen LogP contribution in [-0.4, -0.2) is 68.3 Å². The number of ether oxygens (including phenoxy) is 3. The molecule has 0 radical (unpaired) electrons. The fourth-order valence-corrected chi connectivity index (χ4v) is 6.07. The van der Waals surface area contributed by atoms with Crippen molar-refractivity contribution in [3.05, 3.63) is 47.0 Å². The molecule has 236 valence electrons. The molecule has 0 atom stereocenters. The molecule has 2 fully saturated rings. The van der Waals surface area contributed by atoms with Gasteiger partial charge in [0.1, 0.15) is 0 Å². The van der Waals surface area contributed by atoms with Crippen LogP contribution in [0.4, 0.5) is 32.0 Å². The number of carbonyl (C=O) groups excluding carboxylic acids is 1. The highest BCUT2D eigenvalue weighted by Crippen LogP contribution is 2.41. The molecule has 2 aliphatic heterocycles. The molecular formula is C29H33F6N3O4S. The summed E-state index contributed by atoms with van der Waals surface area (Å²) in [5.41, 5.74) is -2.92. The Kier molecular flexibility index (Phi) is 9.87. The molecule has 0 aliphatic carbocycles. The maximum absolute atomic E-state index is 13.3. The lowest BCUT2D eigenvalue weighted by molar-refractivity contribution is -0.143. The van der Waals surface area contributed by atoms with Gasteiger partial charge in [-0.2, -0.15) is 26.3 Å². The third-order valence-electron chi connectivity index (χ3n) is 8.07. The van der Waals surface area contributed by atoms with E-state index in [2.05, 4.69) is 10.2 Å². The Morgan fingerprint density at radius 3 is 1.58 bits per heavy atom. The molecule has 2 heterocycles. The van der Waals surface area contributed by atoms with Crippen LogP contribution >= 0.6 is 12.2 Å². The molecule has 0 aromatic heterocycles. The monoisotopic (exact) mass is 633 g/mol. The maximum Gasteiger partial charge on any atom is 0.416 e. The SMILES string of the molecule is COc1cc(NC(=S)N2CCC(C3CCN(C(=O)c4cc(C(F)(F)F)cc(C(F)(F)F)c4)CC3)CC2)cc(OC)c1OC. The van der Waals surface area contributed by atoms with Gasteiger partial charge in [-0.3, -0.25) is 4.79 Å². The lowest BCUT2D eigenvalue weighted by Crippen LogP contribution is -2.45. The number of piperidine rings is 2. The first kappa shape index (κ1) is 32.5. The summed E-state index contributed by atoms with van der Waals surface area (Å²) in [4.78, 5) is 16.4. The molecule has 0 spiro atoms. The van der Waals surface area contributed by atoms with Crippen LogP contribution < -0.4 is 19.5 Å². The Hall–Kier alpha value is -3.42. The lowest BCUT2D eigenvalue weighted by Gasteiger charge is -2.41. The molecule has 1 amide bonds. The maximum atomic E-state index is 13.3. The van der Waals surface area contributed by atoms with Crippen molar-refractivity contribution in [2.75, 3.05) is 52.8 Å². The minimum Gasteiger partial charge on any atom is -0.493 e. The van der Waals surface area contributed by atoms with E-state index in [1.54, 1.807) is 12.1 Å². The molecule has 1 N–H and O–H groups in total. The summed E-state index contributed by atoms with van der Waals surface area (Å²) >= 11 is 5.64. The number of anilines is 1. The van der Waals surface area contributed by atoms with Crippen LogP contribution in [0.2, 0.25) is 0 Å². The van der Waals surface area contributed by atoms with Gasteiger partial charge in [-0.25, -0.2) is 0 Å². The van der Waals surface area contributed by atoms with E-state index in [9.17, 15) is 31.1 Å². The van der Waals surface area contributed by atoms with Gasteiger partial charge in [0.15, 0.2) is 16.6 Å². The van der Waals surface area contributed by atoms with Crippen molar-refractivity contribution in [3.8, 4) is 17.2 Å². The van der Waals surface area contributed by atoms with Crippen LogP contribution in [-0.2, 0) is 12.4 Å². The molecule has 2 aromatic carbocycles. The second-order valence-corrected chi connectivity index (χ2v) is 11.0. The van der Waals surface area contributed by atoms with Crippen LogP contribution in [0.15, 0.2) is 30.3 Å². The average Bonchev–Trinajstić information content (AvgIpc) is 2.99. The summed E-state index contributed by atoms with van der Waals surface area (Å²) in [7, 11) is 4.58. The summed E-state index contributed by atoms with van der Waals surface area (Å²) < 4.78 is 95.7. The number of nitrogens with one attached hydrogen (secondary N) is 1. The molecular weight excluding hydrogens is 600 g/mol. The van der Waals surface area contributed by atoms with Crippen LogP contribution in [0.3, 0.4) is 0 Å². The normalized spacial score (nSPS) is 17.0. The van der Waals surface area contributed by atoms with Crippen molar-refractivity contribution >= 4 is 28.9 Å². The number of benzene rings is 2. The van der Waals surface area contributed by atoms with E-state index in [1.807, 2.05) is 0 Å². The smallest absolute Gasteiger partial charge is 0.416 e. The number of alkyl halides is 6. The molecule has 2 aromatic rings. The van der Waals surface area contributed by atoms with Gasteiger partial charge in [0, 0.05) is 49.6 Å². The third kappa shape index (κ3) is 7.57. The summed E-state index contributed by atoms with van der Waals surface area (Å²) in [6.45, 7) is 1.96. The summed E-state index contributed by atoms with van der Waals surface area (Å²) in [6.07, 6.45) is -7.06. The Morgan fingerprint density at radius 1 is 0.744 bits per heavy atom. The zero-order chi connectivity index (χ0) is 31.5. The van der Waals surface area contributed by atoms with E-state index in [0.717, 1.165) is 12.8 Å². The molecule has 4 rings (SSSR count). The van der Waals surface area contributed by atoms with Crippen LogP contribution in [0.5, 0.6) is 17.2 Å². The zero-order valence-corrected chi connectivity index (χ0v) is 24.7. The van der Waals surface area contributed by atoms with Gasteiger partial charge < -0.3 is 29.3 Å². The van der Waals surface area contributed by atoms with Crippen LogP contribution in [0.1, 0.15) is 47.2 Å². The Balaban J connectivity index is 1.32. The van der Waals surface area contributed by atoms with Crippen LogP contribution in [0, 0.1) is 11.8 Å². The first-order chi connectivity index (χ1) is 20.2. The predicted molar refractivity (Wildman–Crippen MR) is 152 cm³/mol. The average molecular weight is 634 g/mol. The molecule has 14 heteroatoms. The third-order valence-corrected chi connectivity index (χ3v) is 8.43. The van der Waals surface area contributed by atoms with Gasteiger partial charge in [0.2, 0.25) is 5.75 Å². The molecule has 2 saturated heterocycles. The number of nitrogens with zero attached hydrogens (tertiary/aromatic N) is 2. The Labute approximate surface area is 251 Å². The summed E-state index contributed by atoms with van der Waals surface area (Å²) in [5, 5.41) is 3.77. The number of methoxy groups -OCH3 is 3. The minimum absolute atomic E-state index is 0.0290. The number of amides is 1. The fraction of sp³-hybridized carbons (Fsp3) is 0.517. The molecule has 0 saturated carbocycles. The van der Waals surface area contributed by atoms with Crippen molar-refractivity contribution in [3.63, 3.8) is 0 Å². The van der Waals surface area contributed by atoms with E-state index in [1.165, 1.54) is 26.2 Å². The van der Waals surface area contributed by atoms with Crippen molar-refractivity contribution in [2.45, 2.75) is 38.0 Å². The van der Waals surface area contributed by atoms with Gasteiger partial charge >= 0.3 is 12.4 Å². The predicted octanol–water partition coefficient (Wildman–Crippen LogP) is 6.71. The minimum atomic E-state index is -5.01. The van der Waals surface area contributed by atoms with E-state index in [-0.39, 0.29) is 25.1 Å². The van der Waals surface area contributed by atoms with Gasteiger partial charge in [-0.05, 0) is 67.9 Å². The number of hydrogen-bond donors (Lipinski definition) is 1.